The Morgan fingerprint density at radius 2 is 2.17 bits per heavy atom. The Bertz CT molecular complexity index is 570. The number of rotatable bonds is 2. The normalized spacial score (nSPS) is 17.8. The molecule has 0 spiro atoms. The molecule has 0 unspecified atom stereocenters. The Balaban J connectivity index is 1.79. The number of H-pyrrole nitrogens is 1. The van der Waals surface area contributed by atoms with E-state index in [2.05, 4.69) is 38.0 Å². The second-order valence-corrected chi connectivity index (χ2v) is 5.51. The molecule has 1 aliphatic rings. The van der Waals surface area contributed by atoms with Gasteiger partial charge in [0, 0.05) is 17.7 Å². The lowest BCUT2D eigenvalue weighted by atomic mass is 10.00. The summed E-state index contributed by atoms with van der Waals surface area (Å²) in [6.45, 7) is 1.75. The highest BCUT2D eigenvalue weighted by atomic mass is 79.9. The SMILES string of the molecule is Brc1ccc2nc(/C=C/C3CCOCC3)[nH]c2c1. The van der Waals surface area contributed by atoms with Gasteiger partial charge in [0.05, 0.1) is 11.0 Å². The maximum absolute atomic E-state index is 5.35. The zero-order chi connectivity index (χ0) is 12.4. The number of fused-ring (bicyclic) bond motifs is 1. The van der Waals surface area contributed by atoms with Gasteiger partial charge in [0.2, 0.25) is 0 Å². The zero-order valence-electron chi connectivity index (χ0n) is 10.0. The third-order valence-electron chi connectivity index (χ3n) is 3.25. The molecule has 18 heavy (non-hydrogen) atoms. The van der Waals surface area contributed by atoms with E-state index in [1.165, 1.54) is 0 Å². The highest BCUT2D eigenvalue weighted by Gasteiger charge is 2.10. The molecule has 0 amide bonds. The molecule has 0 saturated carbocycles. The lowest BCUT2D eigenvalue weighted by Gasteiger charge is -2.18. The Hall–Kier alpha value is -1.13. The average Bonchev–Trinajstić information content (AvgIpc) is 2.79. The Morgan fingerprint density at radius 3 is 3.00 bits per heavy atom. The minimum Gasteiger partial charge on any atom is -0.381 e. The maximum Gasteiger partial charge on any atom is 0.130 e. The van der Waals surface area contributed by atoms with Crippen LogP contribution >= 0.6 is 15.9 Å². The molecule has 1 aromatic carbocycles. The molecule has 1 fully saturated rings. The number of hydrogen-bond donors (Lipinski definition) is 1. The predicted molar refractivity (Wildman–Crippen MR) is 76.4 cm³/mol. The fourth-order valence-corrected chi connectivity index (χ4v) is 2.58. The average molecular weight is 307 g/mol. The second kappa shape index (κ2) is 5.24. The molecule has 2 aromatic rings. The highest BCUT2D eigenvalue weighted by molar-refractivity contribution is 9.10. The van der Waals surface area contributed by atoms with Crippen LogP contribution < -0.4 is 0 Å². The van der Waals surface area contributed by atoms with Crippen LogP contribution in [-0.4, -0.2) is 23.2 Å². The summed E-state index contributed by atoms with van der Waals surface area (Å²) in [5.41, 5.74) is 2.07. The first-order chi connectivity index (χ1) is 8.81. The van der Waals surface area contributed by atoms with Crippen molar-refractivity contribution in [3.05, 3.63) is 34.6 Å². The van der Waals surface area contributed by atoms with Gasteiger partial charge >= 0.3 is 0 Å². The molecular weight excluding hydrogens is 292 g/mol. The molecule has 2 heterocycles. The van der Waals surface area contributed by atoms with Gasteiger partial charge in [-0.25, -0.2) is 4.98 Å². The third-order valence-corrected chi connectivity index (χ3v) is 3.75. The standard InChI is InChI=1S/C14H15BrN2O/c15-11-2-3-12-13(9-11)17-14(16-12)4-1-10-5-7-18-8-6-10/h1-4,9-10H,5-8H2,(H,16,17)/b4-1+. The molecule has 1 aromatic heterocycles. The molecule has 3 rings (SSSR count). The highest BCUT2D eigenvalue weighted by Crippen LogP contribution is 2.20. The fraction of sp³-hybridized carbons (Fsp3) is 0.357. The minimum absolute atomic E-state index is 0.624. The van der Waals surface area contributed by atoms with Crippen molar-refractivity contribution in [2.75, 3.05) is 13.2 Å². The number of nitrogens with one attached hydrogen (secondary N) is 1. The summed E-state index contributed by atoms with van der Waals surface area (Å²) in [6, 6.07) is 6.07. The molecule has 1 N–H and O–H groups in total. The minimum atomic E-state index is 0.624. The van der Waals surface area contributed by atoms with Crippen molar-refractivity contribution in [1.29, 1.82) is 0 Å². The topological polar surface area (TPSA) is 37.9 Å². The quantitative estimate of drug-likeness (QED) is 0.917. The van der Waals surface area contributed by atoms with Crippen LogP contribution in [0.4, 0.5) is 0 Å². The summed E-state index contributed by atoms with van der Waals surface area (Å²) in [4.78, 5) is 7.86. The third kappa shape index (κ3) is 2.65. The molecule has 94 valence electrons. The van der Waals surface area contributed by atoms with Gasteiger partial charge < -0.3 is 9.72 Å². The van der Waals surface area contributed by atoms with Crippen LogP contribution in [0.25, 0.3) is 17.1 Å². The first-order valence-electron chi connectivity index (χ1n) is 6.22. The molecule has 0 radical (unpaired) electrons. The first kappa shape index (κ1) is 11.9. The summed E-state index contributed by atoms with van der Waals surface area (Å²) in [7, 11) is 0. The second-order valence-electron chi connectivity index (χ2n) is 4.59. The fourth-order valence-electron chi connectivity index (χ4n) is 2.22. The Morgan fingerprint density at radius 1 is 1.33 bits per heavy atom. The van der Waals surface area contributed by atoms with Crippen LogP contribution in [0.5, 0.6) is 0 Å². The van der Waals surface area contributed by atoms with E-state index in [4.69, 9.17) is 4.74 Å². The van der Waals surface area contributed by atoms with Crippen molar-refractivity contribution < 1.29 is 4.74 Å². The van der Waals surface area contributed by atoms with Crippen molar-refractivity contribution >= 4 is 33.0 Å². The van der Waals surface area contributed by atoms with Crippen LogP contribution in [0.2, 0.25) is 0 Å². The number of imidazole rings is 1. The van der Waals surface area contributed by atoms with Gasteiger partial charge in [-0.05, 0) is 43.0 Å². The van der Waals surface area contributed by atoms with Crippen molar-refractivity contribution in [2.24, 2.45) is 5.92 Å². The van der Waals surface area contributed by atoms with Crippen molar-refractivity contribution in [3.8, 4) is 0 Å². The van der Waals surface area contributed by atoms with Gasteiger partial charge in [-0.1, -0.05) is 22.0 Å². The smallest absolute Gasteiger partial charge is 0.130 e. The van der Waals surface area contributed by atoms with Gasteiger partial charge in [0.1, 0.15) is 5.82 Å². The summed E-state index contributed by atoms with van der Waals surface area (Å²) in [6.07, 6.45) is 6.56. The van der Waals surface area contributed by atoms with E-state index in [0.29, 0.717) is 5.92 Å². The van der Waals surface area contributed by atoms with Crippen LogP contribution in [0.3, 0.4) is 0 Å². The molecule has 1 saturated heterocycles. The number of benzene rings is 1. The molecule has 3 nitrogen and oxygen atoms in total. The Kier molecular flexibility index (Phi) is 3.48. The van der Waals surface area contributed by atoms with Crippen LogP contribution in [-0.2, 0) is 4.74 Å². The predicted octanol–water partition coefficient (Wildman–Crippen LogP) is 3.77. The van der Waals surface area contributed by atoms with E-state index < -0.39 is 0 Å². The Labute approximate surface area is 114 Å². The van der Waals surface area contributed by atoms with Crippen LogP contribution in [0, 0.1) is 5.92 Å². The number of aromatic amines is 1. The number of ether oxygens (including phenoxy) is 1. The largest absolute Gasteiger partial charge is 0.381 e. The summed E-state index contributed by atoms with van der Waals surface area (Å²) in [5.74, 6) is 1.55. The van der Waals surface area contributed by atoms with Crippen LogP contribution in [0.15, 0.2) is 28.7 Å². The van der Waals surface area contributed by atoms with E-state index in [-0.39, 0.29) is 0 Å². The van der Waals surface area contributed by atoms with Crippen molar-refractivity contribution in [3.63, 3.8) is 0 Å². The monoisotopic (exact) mass is 306 g/mol. The number of allylic oxidation sites excluding steroid dienone is 1. The van der Waals surface area contributed by atoms with E-state index in [0.717, 1.165) is 47.4 Å². The van der Waals surface area contributed by atoms with E-state index in [1.807, 2.05) is 18.2 Å². The molecule has 1 aliphatic heterocycles. The molecule has 4 heteroatoms. The molecule has 0 bridgehead atoms. The lowest BCUT2D eigenvalue weighted by molar-refractivity contribution is 0.0787. The molecule has 0 aliphatic carbocycles. The van der Waals surface area contributed by atoms with Crippen molar-refractivity contribution in [2.45, 2.75) is 12.8 Å². The van der Waals surface area contributed by atoms with Gasteiger partial charge in [-0.15, -0.1) is 0 Å². The summed E-state index contributed by atoms with van der Waals surface area (Å²) < 4.78 is 6.42. The lowest BCUT2D eigenvalue weighted by Crippen LogP contribution is -2.13. The first-order valence-corrected chi connectivity index (χ1v) is 7.02. The van der Waals surface area contributed by atoms with E-state index in [9.17, 15) is 0 Å². The number of aromatic nitrogens is 2. The van der Waals surface area contributed by atoms with E-state index >= 15 is 0 Å². The van der Waals surface area contributed by atoms with Crippen molar-refractivity contribution in [1.82, 2.24) is 9.97 Å². The van der Waals surface area contributed by atoms with Gasteiger partial charge in [0.15, 0.2) is 0 Å². The number of hydrogen-bond acceptors (Lipinski definition) is 2. The van der Waals surface area contributed by atoms with Gasteiger partial charge in [0.25, 0.3) is 0 Å². The molecular formula is C14H15BrN2O. The summed E-state index contributed by atoms with van der Waals surface area (Å²) in [5, 5.41) is 0. The molecule has 0 atom stereocenters. The zero-order valence-corrected chi connectivity index (χ0v) is 11.6. The van der Waals surface area contributed by atoms with E-state index in [1.54, 1.807) is 0 Å². The van der Waals surface area contributed by atoms with Gasteiger partial charge in [-0.2, -0.15) is 0 Å². The maximum atomic E-state index is 5.35. The van der Waals surface area contributed by atoms with Gasteiger partial charge in [-0.3, -0.25) is 0 Å². The number of nitrogens with zero attached hydrogens (tertiary/aromatic N) is 1. The summed E-state index contributed by atoms with van der Waals surface area (Å²) >= 11 is 3.46. The number of halogens is 1. The van der Waals surface area contributed by atoms with Crippen LogP contribution in [0.1, 0.15) is 18.7 Å².